The summed E-state index contributed by atoms with van der Waals surface area (Å²) in [7, 11) is 0. The van der Waals surface area contributed by atoms with Gasteiger partial charge in [-0.1, -0.05) is 48.5 Å². The number of H-pyrrole nitrogens is 1. The first kappa shape index (κ1) is 15.8. The maximum Gasteiger partial charge on any atom is 0.266 e. The Kier molecular flexibility index (Phi) is 3.57. The van der Waals surface area contributed by atoms with Crippen LogP contribution in [0.3, 0.4) is 0 Å². The zero-order valence-corrected chi connectivity index (χ0v) is 14.6. The van der Waals surface area contributed by atoms with Crippen LogP contribution in [-0.4, -0.2) is 45.5 Å². The molecule has 2 aliphatic rings. The maximum absolute atomic E-state index is 13.0. The van der Waals surface area contributed by atoms with Crippen molar-refractivity contribution < 1.29 is 9.59 Å². The van der Waals surface area contributed by atoms with Crippen LogP contribution in [-0.2, 0) is 22.6 Å². The minimum atomic E-state index is -0.495. The first-order chi connectivity index (χ1) is 13.2. The number of carbonyl (C=O) groups is 2. The molecule has 0 aliphatic carbocycles. The van der Waals surface area contributed by atoms with Gasteiger partial charge in [0.05, 0.1) is 12.8 Å². The molecule has 134 valence electrons. The predicted octanol–water partition coefficient (Wildman–Crippen LogP) is 2.30. The molecule has 0 saturated carbocycles. The van der Waals surface area contributed by atoms with Crippen LogP contribution in [0, 0.1) is 0 Å². The summed E-state index contributed by atoms with van der Waals surface area (Å²) in [5, 5.41) is 6.71. The van der Waals surface area contributed by atoms with E-state index in [9.17, 15) is 9.59 Å². The minimum Gasteiger partial charge on any atom is -0.357 e. The molecular weight excluding hydrogens is 340 g/mol. The molecule has 6 heteroatoms. The molecule has 0 radical (unpaired) electrons. The van der Waals surface area contributed by atoms with Crippen LogP contribution in [0.15, 0.2) is 59.7 Å². The van der Waals surface area contributed by atoms with Gasteiger partial charge >= 0.3 is 0 Å². The fourth-order valence-electron chi connectivity index (χ4n) is 3.93. The average Bonchev–Trinajstić information content (AvgIpc) is 3.07. The Hall–Kier alpha value is -3.41. The van der Waals surface area contributed by atoms with Gasteiger partial charge in [-0.05, 0) is 17.2 Å². The zero-order chi connectivity index (χ0) is 18.4. The number of hydrogen-bond donors (Lipinski definition) is 1. The predicted molar refractivity (Wildman–Crippen MR) is 102 cm³/mol. The monoisotopic (exact) mass is 358 g/mol. The fourth-order valence-corrected chi connectivity index (χ4v) is 3.93. The molecule has 6 nitrogen and oxygen atoms in total. The number of rotatable bonds is 2. The second-order valence-corrected chi connectivity index (χ2v) is 6.92. The highest BCUT2D eigenvalue weighted by atomic mass is 16.2. The van der Waals surface area contributed by atoms with E-state index >= 15 is 0 Å². The molecule has 1 aromatic heterocycles. The van der Waals surface area contributed by atoms with Crippen LogP contribution in [0.1, 0.15) is 16.8 Å². The SMILES string of the molecule is O=C1[C@H]2Cc3c([nH]c4ccccc34)CN2C(=O)CN1N=Cc1ccccc1. The number of para-hydroxylation sites is 1. The number of benzene rings is 2. The molecule has 27 heavy (non-hydrogen) atoms. The molecule has 1 saturated heterocycles. The van der Waals surface area contributed by atoms with E-state index in [4.69, 9.17) is 0 Å². The summed E-state index contributed by atoms with van der Waals surface area (Å²) in [6, 6.07) is 17.1. The second-order valence-electron chi connectivity index (χ2n) is 6.92. The molecule has 1 N–H and O–H groups in total. The molecule has 0 unspecified atom stereocenters. The number of aromatic amines is 1. The summed E-state index contributed by atoms with van der Waals surface area (Å²) in [6.07, 6.45) is 2.14. The standard InChI is InChI=1S/C21H18N4O2/c26-20-13-25(22-11-14-6-2-1-3-7-14)21(27)19-10-16-15-8-4-5-9-17(15)23-18(16)12-24(19)20/h1-9,11,19,23H,10,12-13H2/t19-/m1/s1. The third-order valence-electron chi connectivity index (χ3n) is 5.29. The quantitative estimate of drug-likeness (QED) is 0.714. The molecule has 1 atom stereocenters. The Morgan fingerprint density at radius 2 is 1.78 bits per heavy atom. The van der Waals surface area contributed by atoms with Gasteiger partial charge in [0.2, 0.25) is 5.91 Å². The van der Waals surface area contributed by atoms with Crippen molar-refractivity contribution in [2.45, 2.75) is 19.0 Å². The lowest BCUT2D eigenvalue weighted by atomic mass is 9.94. The van der Waals surface area contributed by atoms with E-state index in [1.165, 1.54) is 5.01 Å². The Balaban J connectivity index is 1.46. The van der Waals surface area contributed by atoms with Crippen LogP contribution < -0.4 is 0 Å². The van der Waals surface area contributed by atoms with Crippen molar-refractivity contribution in [3.05, 3.63) is 71.4 Å². The lowest BCUT2D eigenvalue weighted by molar-refractivity contribution is -0.157. The molecular formula is C21H18N4O2. The van der Waals surface area contributed by atoms with E-state index in [2.05, 4.69) is 16.2 Å². The number of amides is 2. The number of nitrogens with zero attached hydrogens (tertiary/aromatic N) is 3. The molecule has 1 fully saturated rings. The number of piperazine rings is 1. The first-order valence-corrected chi connectivity index (χ1v) is 8.99. The zero-order valence-electron chi connectivity index (χ0n) is 14.6. The molecule has 2 aromatic carbocycles. The molecule has 3 heterocycles. The van der Waals surface area contributed by atoms with Gasteiger partial charge in [-0.2, -0.15) is 5.10 Å². The van der Waals surface area contributed by atoms with Crippen molar-refractivity contribution in [1.29, 1.82) is 0 Å². The summed E-state index contributed by atoms with van der Waals surface area (Å²) in [4.78, 5) is 30.7. The summed E-state index contributed by atoms with van der Waals surface area (Å²) in [5.41, 5.74) is 4.08. The summed E-state index contributed by atoms with van der Waals surface area (Å²) in [6.45, 7) is 0.420. The lowest BCUT2D eigenvalue weighted by Crippen LogP contribution is -2.60. The third-order valence-corrected chi connectivity index (χ3v) is 5.29. The Morgan fingerprint density at radius 3 is 2.63 bits per heavy atom. The van der Waals surface area contributed by atoms with Gasteiger partial charge in [0.1, 0.15) is 12.6 Å². The van der Waals surface area contributed by atoms with Crippen molar-refractivity contribution in [3.8, 4) is 0 Å². The number of hydrazone groups is 1. The van der Waals surface area contributed by atoms with Crippen LogP contribution in [0.25, 0.3) is 10.9 Å². The van der Waals surface area contributed by atoms with Gasteiger partial charge in [0, 0.05) is 23.0 Å². The van der Waals surface area contributed by atoms with Crippen molar-refractivity contribution in [2.24, 2.45) is 5.10 Å². The third kappa shape index (κ3) is 2.61. The molecule has 3 aromatic rings. The van der Waals surface area contributed by atoms with Crippen molar-refractivity contribution in [2.75, 3.05) is 6.54 Å². The van der Waals surface area contributed by atoms with Crippen LogP contribution in [0.2, 0.25) is 0 Å². The van der Waals surface area contributed by atoms with E-state index in [0.29, 0.717) is 13.0 Å². The summed E-state index contributed by atoms with van der Waals surface area (Å²) in [5.74, 6) is -0.202. The van der Waals surface area contributed by atoms with Crippen molar-refractivity contribution in [1.82, 2.24) is 14.9 Å². The molecule has 2 amide bonds. The van der Waals surface area contributed by atoms with Crippen LogP contribution in [0.5, 0.6) is 0 Å². The van der Waals surface area contributed by atoms with Crippen molar-refractivity contribution in [3.63, 3.8) is 0 Å². The van der Waals surface area contributed by atoms with Gasteiger partial charge in [0.15, 0.2) is 0 Å². The van der Waals surface area contributed by atoms with Gasteiger partial charge in [-0.25, -0.2) is 5.01 Å². The second kappa shape index (κ2) is 6.09. The Bertz CT molecular complexity index is 1070. The summed E-state index contributed by atoms with van der Waals surface area (Å²) < 4.78 is 0. The molecule has 5 rings (SSSR count). The highest BCUT2D eigenvalue weighted by Crippen LogP contribution is 2.32. The topological polar surface area (TPSA) is 68.8 Å². The van der Waals surface area contributed by atoms with Gasteiger partial charge in [-0.3, -0.25) is 9.59 Å². The van der Waals surface area contributed by atoms with Gasteiger partial charge in [-0.15, -0.1) is 0 Å². The van der Waals surface area contributed by atoms with Gasteiger partial charge in [0.25, 0.3) is 5.91 Å². The normalized spacial score (nSPS) is 19.6. The van der Waals surface area contributed by atoms with Crippen LogP contribution >= 0.6 is 0 Å². The van der Waals surface area contributed by atoms with E-state index in [1.807, 2.05) is 48.5 Å². The molecule has 0 bridgehead atoms. The van der Waals surface area contributed by atoms with Crippen molar-refractivity contribution >= 4 is 28.9 Å². The van der Waals surface area contributed by atoms with E-state index < -0.39 is 6.04 Å². The fraction of sp³-hybridized carbons (Fsp3) is 0.190. The number of aromatic nitrogens is 1. The van der Waals surface area contributed by atoms with E-state index in [0.717, 1.165) is 27.7 Å². The first-order valence-electron chi connectivity index (χ1n) is 8.99. The minimum absolute atomic E-state index is 0.0196. The highest BCUT2D eigenvalue weighted by molar-refractivity contribution is 5.97. The van der Waals surface area contributed by atoms with Crippen LogP contribution in [0.4, 0.5) is 0 Å². The molecule has 0 spiro atoms. The largest absolute Gasteiger partial charge is 0.357 e. The molecule has 2 aliphatic heterocycles. The number of carbonyl (C=O) groups excluding carboxylic acids is 2. The Labute approximate surface area is 156 Å². The number of fused-ring (bicyclic) bond motifs is 4. The Morgan fingerprint density at radius 1 is 1.00 bits per heavy atom. The smallest absolute Gasteiger partial charge is 0.266 e. The van der Waals surface area contributed by atoms with E-state index in [-0.39, 0.29) is 18.4 Å². The average molecular weight is 358 g/mol. The summed E-state index contributed by atoms with van der Waals surface area (Å²) >= 11 is 0. The number of hydrogen-bond acceptors (Lipinski definition) is 3. The van der Waals surface area contributed by atoms with Gasteiger partial charge < -0.3 is 9.88 Å². The maximum atomic E-state index is 13.0. The van der Waals surface area contributed by atoms with E-state index in [1.54, 1.807) is 11.1 Å². The highest BCUT2D eigenvalue weighted by Gasteiger charge is 2.43. The number of nitrogens with one attached hydrogen (secondary N) is 1. The lowest BCUT2D eigenvalue weighted by Gasteiger charge is -2.40.